The number of hydrogen-bond acceptors (Lipinski definition) is 6. The third kappa shape index (κ3) is 6.05. The van der Waals surface area contributed by atoms with Gasteiger partial charge < -0.3 is 14.5 Å². The van der Waals surface area contributed by atoms with Gasteiger partial charge in [-0.15, -0.1) is 0 Å². The van der Waals surface area contributed by atoms with Crippen LogP contribution >= 0.6 is 11.6 Å². The maximum Gasteiger partial charge on any atom is 0.242 e. The molecule has 1 aliphatic rings. The fraction of sp³-hybridized carbons (Fsp3) is 0.450. The average molecular weight is 456 g/mol. The second kappa shape index (κ2) is 10.4. The summed E-state index contributed by atoms with van der Waals surface area (Å²) in [5, 5.41) is 3.02. The van der Waals surface area contributed by atoms with Crippen molar-refractivity contribution >= 4 is 27.5 Å². The van der Waals surface area contributed by atoms with Crippen LogP contribution < -0.4 is 10.0 Å². The molecule has 8 nitrogen and oxygen atoms in total. The number of sulfonamides is 1. The summed E-state index contributed by atoms with van der Waals surface area (Å²) in [6, 6.07) is 9.88. The van der Waals surface area contributed by atoms with E-state index in [4.69, 9.17) is 20.8 Å². The van der Waals surface area contributed by atoms with Crippen molar-refractivity contribution in [3.63, 3.8) is 0 Å². The largest absolute Gasteiger partial charge is 0.465 e. The van der Waals surface area contributed by atoms with Crippen LogP contribution in [0.4, 0.5) is 0 Å². The summed E-state index contributed by atoms with van der Waals surface area (Å²) in [6.07, 6.45) is 0.0106. The molecule has 1 aromatic carbocycles. The number of ether oxygens (including phenoxy) is 1. The SMILES string of the molecule is Cc1ccc(C(CNC(=O)CCNS(=O)(=O)c2ccccc2Cl)N2CCOCC2)o1. The number of carbonyl (C=O) groups excluding carboxylic acids is 1. The molecule has 2 heterocycles. The molecule has 0 bridgehead atoms. The zero-order valence-corrected chi connectivity index (χ0v) is 18.3. The number of nitrogens with one attached hydrogen (secondary N) is 2. The summed E-state index contributed by atoms with van der Waals surface area (Å²) in [7, 11) is -3.77. The lowest BCUT2D eigenvalue weighted by atomic mass is 10.1. The molecule has 2 N–H and O–H groups in total. The quantitative estimate of drug-likeness (QED) is 0.600. The molecule has 0 radical (unpaired) electrons. The molecule has 0 saturated carbocycles. The number of benzene rings is 1. The minimum absolute atomic E-state index is 0.00681. The van der Waals surface area contributed by atoms with E-state index >= 15 is 0 Å². The van der Waals surface area contributed by atoms with Gasteiger partial charge in [-0.3, -0.25) is 9.69 Å². The lowest BCUT2D eigenvalue weighted by molar-refractivity contribution is -0.121. The van der Waals surface area contributed by atoms with E-state index in [1.54, 1.807) is 12.1 Å². The molecule has 1 fully saturated rings. The molecule has 1 aliphatic heterocycles. The highest BCUT2D eigenvalue weighted by molar-refractivity contribution is 7.89. The van der Waals surface area contributed by atoms with Gasteiger partial charge in [0.05, 0.1) is 24.3 Å². The van der Waals surface area contributed by atoms with Crippen molar-refractivity contribution in [2.24, 2.45) is 0 Å². The molecular weight excluding hydrogens is 430 g/mol. The van der Waals surface area contributed by atoms with Gasteiger partial charge in [0.15, 0.2) is 0 Å². The maximum absolute atomic E-state index is 12.3. The number of morpholine rings is 1. The number of hydrogen-bond donors (Lipinski definition) is 2. The third-order valence-corrected chi connectivity index (χ3v) is 6.80. The molecular formula is C20H26ClN3O5S. The van der Waals surface area contributed by atoms with Gasteiger partial charge in [0.25, 0.3) is 0 Å². The summed E-state index contributed by atoms with van der Waals surface area (Å²) >= 11 is 5.95. The van der Waals surface area contributed by atoms with Crippen molar-refractivity contribution in [3.8, 4) is 0 Å². The molecule has 164 valence electrons. The Morgan fingerprint density at radius 1 is 1.20 bits per heavy atom. The first-order valence-corrected chi connectivity index (χ1v) is 11.6. The summed E-state index contributed by atoms with van der Waals surface area (Å²) in [4.78, 5) is 14.5. The lowest BCUT2D eigenvalue weighted by Crippen LogP contribution is -2.44. The van der Waals surface area contributed by atoms with Gasteiger partial charge >= 0.3 is 0 Å². The van der Waals surface area contributed by atoms with E-state index in [-0.39, 0.29) is 34.8 Å². The standard InChI is InChI=1S/C20H26ClN3O5S/c1-15-6-7-18(29-15)17(24-10-12-28-13-11-24)14-22-20(25)8-9-23-30(26,27)19-5-3-2-4-16(19)21/h2-7,17,23H,8-14H2,1H3,(H,22,25). The molecule has 1 saturated heterocycles. The van der Waals surface area contributed by atoms with Crippen LogP contribution in [0.2, 0.25) is 5.02 Å². The molecule has 0 aliphatic carbocycles. The highest BCUT2D eigenvalue weighted by atomic mass is 35.5. The summed E-state index contributed by atoms with van der Waals surface area (Å²) in [6.45, 7) is 4.98. The van der Waals surface area contributed by atoms with Crippen molar-refractivity contribution in [2.45, 2.75) is 24.3 Å². The van der Waals surface area contributed by atoms with Gasteiger partial charge in [0.1, 0.15) is 16.4 Å². The van der Waals surface area contributed by atoms with Crippen LogP contribution in [0.3, 0.4) is 0 Å². The van der Waals surface area contributed by atoms with Gasteiger partial charge in [0, 0.05) is 32.6 Å². The fourth-order valence-electron chi connectivity index (χ4n) is 3.27. The Kier molecular flexibility index (Phi) is 7.90. The van der Waals surface area contributed by atoms with Gasteiger partial charge in [-0.25, -0.2) is 13.1 Å². The van der Waals surface area contributed by atoms with Crippen molar-refractivity contribution in [2.75, 3.05) is 39.4 Å². The first-order valence-electron chi connectivity index (χ1n) is 9.76. The summed E-state index contributed by atoms with van der Waals surface area (Å²) in [5.74, 6) is 1.34. The Morgan fingerprint density at radius 3 is 2.60 bits per heavy atom. The second-order valence-electron chi connectivity index (χ2n) is 6.99. The first kappa shape index (κ1) is 22.8. The maximum atomic E-state index is 12.3. The second-order valence-corrected chi connectivity index (χ2v) is 9.14. The van der Waals surface area contributed by atoms with E-state index in [9.17, 15) is 13.2 Å². The number of rotatable bonds is 9. The van der Waals surface area contributed by atoms with Crippen LogP contribution in [0.25, 0.3) is 0 Å². The normalized spacial score (nSPS) is 16.3. The van der Waals surface area contributed by atoms with Crippen LogP contribution in [0, 0.1) is 6.92 Å². The molecule has 1 unspecified atom stereocenters. The Morgan fingerprint density at radius 2 is 1.93 bits per heavy atom. The topological polar surface area (TPSA) is 101 Å². The number of carbonyl (C=O) groups is 1. The number of nitrogens with zero attached hydrogens (tertiary/aromatic N) is 1. The number of amides is 1. The zero-order valence-electron chi connectivity index (χ0n) is 16.8. The molecule has 2 aromatic rings. The molecule has 3 rings (SSSR count). The highest BCUT2D eigenvalue weighted by Crippen LogP contribution is 2.23. The molecule has 0 spiro atoms. The summed E-state index contributed by atoms with van der Waals surface area (Å²) in [5.41, 5.74) is 0. The lowest BCUT2D eigenvalue weighted by Gasteiger charge is -2.33. The Hall–Kier alpha value is -1.91. The van der Waals surface area contributed by atoms with Crippen LogP contribution in [0.5, 0.6) is 0 Å². The zero-order chi connectivity index (χ0) is 21.6. The van der Waals surface area contributed by atoms with Crippen LogP contribution in [-0.2, 0) is 19.6 Å². The highest BCUT2D eigenvalue weighted by Gasteiger charge is 2.26. The first-order chi connectivity index (χ1) is 14.4. The molecule has 10 heteroatoms. The van der Waals surface area contributed by atoms with Crippen LogP contribution in [0.1, 0.15) is 24.0 Å². The average Bonchev–Trinajstić information content (AvgIpc) is 3.15. The number of furan rings is 1. The summed E-state index contributed by atoms with van der Waals surface area (Å²) < 4.78 is 38.3. The molecule has 1 aromatic heterocycles. The number of aryl methyl sites for hydroxylation is 1. The van der Waals surface area contributed by atoms with E-state index in [1.807, 2.05) is 19.1 Å². The Balaban J connectivity index is 1.52. The van der Waals surface area contributed by atoms with E-state index < -0.39 is 10.0 Å². The Labute approximate surface area is 181 Å². The van der Waals surface area contributed by atoms with Crippen LogP contribution in [-0.4, -0.2) is 58.6 Å². The molecule has 30 heavy (non-hydrogen) atoms. The predicted octanol–water partition coefficient (Wildman–Crippen LogP) is 2.10. The van der Waals surface area contributed by atoms with E-state index in [0.717, 1.165) is 24.6 Å². The van der Waals surface area contributed by atoms with Crippen LogP contribution in [0.15, 0.2) is 45.7 Å². The predicted molar refractivity (Wildman–Crippen MR) is 113 cm³/mol. The monoisotopic (exact) mass is 455 g/mol. The van der Waals surface area contributed by atoms with Crippen molar-refractivity contribution in [3.05, 3.63) is 52.9 Å². The minimum Gasteiger partial charge on any atom is -0.465 e. The van der Waals surface area contributed by atoms with Gasteiger partial charge in [-0.2, -0.15) is 0 Å². The van der Waals surface area contributed by atoms with Crippen molar-refractivity contribution < 1.29 is 22.4 Å². The smallest absolute Gasteiger partial charge is 0.242 e. The number of halogens is 1. The fourth-order valence-corrected chi connectivity index (χ4v) is 4.82. The third-order valence-electron chi connectivity index (χ3n) is 4.84. The van der Waals surface area contributed by atoms with E-state index in [1.165, 1.54) is 12.1 Å². The van der Waals surface area contributed by atoms with Crippen molar-refractivity contribution in [1.82, 2.24) is 14.9 Å². The molecule has 1 amide bonds. The van der Waals surface area contributed by atoms with Gasteiger partial charge in [0.2, 0.25) is 15.9 Å². The minimum atomic E-state index is -3.77. The van der Waals surface area contributed by atoms with E-state index in [2.05, 4.69) is 14.9 Å². The van der Waals surface area contributed by atoms with Gasteiger partial charge in [-0.05, 0) is 31.2 Å². The van der Waals surface area contributed by atoms with Gasteiger partial charge in [-0.1, -0.05) is 23.7 Å². The van der Waals surface area contributed by atoms with E-state index in [0.29, 0.717) is 19.8 Å². The Bertz CT molecular complexity index is 957. The molecule has 1 atom stereocenters. The van der Waals surface area contributed by atoms with Crippen molar-refractivity contribution in [1.29, 1.82) is 0 Å².